The number of hydrogen-bond acceptors (Lipinski definition) is 3. The van der Waals surface area contributed by atoms with Crippen LogP contribution in [0.1, 0.15) is 25.6 Å². The third-order valence-corrected chi connectivity index (χ3v) is 2.91. The molecule has 0 amide bonds. The Hall–Kier alpha value is -1.16. The Kier molecular flexibility index (Phi) is 2.93. The van der Waals surface area contributed by atoms with Crippen LogP contribution in [-0.2, 0) is 6.42 Å². The molecule has 0 fully saturated rings. The van der Waals surface area contributed by atoms with Gasteiger partial charge in [0.05, 0.1) is 4.88 Å². The SMILES string of the molecule is CCCCc1nc(-c2cccs2)n[nH]1. The Balaban J connectivity index is 2.10. The molecular weight excluding hydrogens is 194 g/mol. The molecule has 0 aliphatic carbocycles. The minimum Gasteiger partial charge on any atom is -0.263 e. The Labute approximate surface area is 87.2 Å². The molecule has 1 N–H and O–H groups in total. The molecule has 0 aliphatic rings. The second-order valence-electron chi connectivity index (χ2n) is 3.19. The topological polar surface area (TPSA) is 41.6 Å². The molecule has 0 spiro atoms. The van der Waals surface area contributed by atoms with E-state index in [1.807, 2.05) is 17.5 Å². The first kappa shape index (κ1) is 9.40. The standard InChI is InChI=1S/C10H13N3S/c1-2-3-6-9-11-10(13-12-9)8-5-4-7-14-8/h4-5,7H,2-3,6H2,1H3,(H,11,12,13). The molecule has 2 heterocycles. The minimum absolute atomic E-state index is 0.825. The first-order chi connectivity index (χ1) is 6.90. The van der Waals surface area contributed by atoms with E-state index in [2.05, 4.69) is 22.1 Å². The van der Waals surface area contributed by atoms with Gasteiger partial charge >= 0.3 is 0 Å². The van der Waals surface area contributed by atoms with Crippen molar-refractivity contribution in [1.29, 1.82) is 0 Å². The van der Waals surface area contributed by atoms with Crippen LogP contribution in [0.5, 0.6) is 0 Å². The summed E-state index contributed by atoms with van der Waals surface area (Å²) in [7, 11) is 0. The predicted octanol–water partition coefficient (Wildman–Crippen LogP) is 2.88. The zero-order chi connectivity index (χ0) is 9.80. The van der Waals surface area contributed by atoms with Crippen molar-refractivity contribution < 1.29 is 0 Å². The van der Waals surface area contributed by atoms with Crippen LogP contribution >= 0.6 is 11.3 Å². The number of nitrogens with zero attached hydrogens (tertiary/aromatic N) is 2. The molecule has 0 atom stereocenters. The van der Waals surface area contributed by atoms with Crippen molar-refractivity contribution in [3.8, 4) is 10.7 Å². The highest BCUT2D eigenvalue weighted by Gasteiger charge is 2.05. The van der Waals surface area contributed by atoms with Crippen molar-refractivity contribution >= 4 is 11.3 Å². The summed E-state index contributed by atoms with van der Waals surface area (Å²) < 4.78 is 0. The molecule has 2 aromatic heterocycles. The van der Waals surface area contributed by atoms with E-state index >= 15 is 0 Å². The van der Waals surface area contributed by atoms with Gasteiger partial charge in [-0.2, -0.15) is 5.10 Å². The number of H-pyrrole nitrogens is 1. The molecule has 3 nitrogen and oxygen atoms in total. The molecule has 0 unspecified atom stereocenters. The lowest BCUT2D eigenvalue weighted by Gasteiger charge is -1.90. The molecule has 74 valence electrons. The lowest BCUT2D eigenvalue weighted by Crippen LogP contribution is -1.86. The van der Waals surface area contributed by atoms with Crippen LogP contribution < -0.4 is 0 Å². The normalized spacial score (nSPS) is 10.6. The number of thiophene rings is 1. The fraction of sp³-hybridized carbons (Fsp3) is 0.400. The van der Waals surface area contributed by atoms with Gasteiger partial charge in [-0.05, 0) is 17.9 Å². The molecule has 0 aliphatic heterocycles. The van der Waals surface area contributed by atoms with Crippen molar-refractivity contribution in [3.05, 3.63) is 23.3 Å². The van der Waals surface area contributed by atoms with Gasteiger partial charge in [0.2, 0.25) is 0 Å². The van der Waals surface area contributed by atoms with Gasteiger partial charge in [0, 0.05) is 6.42 Å². The highest BCUT2D eigenvalue weighted by atomic mass is 32.1. The van der Waals surface area contributed by atoms with Gasteiger partial charge in [-0.15, -0.1) is 11.3 Å². The van der Waals surface area contributed by atoms with Crippen LogP contribution in [0.25, 0.3) is 10.7 Å². The van der Waals surface area contributed by atoms with E-state index < -0.39 is 0 Å². The lowest BCUT2D eigenvalue weighted by molar-refractivity contribution is 0.756. The van der Waals surface area contributed by atoms with Crippen molar-refractivity contribution in [2.24, 2.45) is 0 Å². The quantitative estimate of drug-likeness (QED) is 0.837. The average Bonchev–Trinajstić information content (AvgIpc) is 2.85. The van der Waals surface area contributed by atoms with E-state index in [4.69, 9.17) is 0 Å². The Morgan fingerprint density at radius 2 is 2.43 bits per heavy atom. The van der Waals surface area contributed by atoms with Crippen LogP contribution in [0.3, 0.4) is 0 Å². The van der Waals surface area contributed by atoms with Crippen LogP contribution in [-0.4, -0.2) is 15.2 Å². The maximum Gasteiger partial charge on any atom is 0.191 e. The van der Waals surface area contributed by atoms with Gasteiger partial charge in [-0.1, -0.05) is 19.4 Å². The number of aryl methyl sites for hydroxylation is 1. The van der Waals surface area contributed by atoms with E-state index in [1.54, 1.807) is 11.3 Å². The van der Waals surface area contributed by atoms with E-state index in [9.17, 15) is 0 Å². The Morgan fingerprint density at radius 1 is 1.50 bits per heavy atom. The van der Waals surface area contributed by atoms with Gasteiger partial charge in [0.15, 0.2) is 5.82 Å². The van der Waals surface area contributed by atoms with Crippen molar-refractivity contribution in [2.45, 2.75) is 26.2 Å². The fourth-order valence-electron chi connectivity index (χ4n) is 1.27. The van der Waals surface area contributed by atoms with Gasteiger partial charge in [0.25, 0.3) is 0 Å². The van der Waals surface area contributed by atoms with E-state index in [0.29, 0.717) is 0 Å². The highest BCUT2D eigenvalue weighted by molar-refractivity contribution is 7.13. The number of aromatic nitrogens is 3. The summed E-state index contributed by atoms with van der Waals surface area (Å²) in [6.07, 6.45) is 3.35. The molecule has 0 bridgehead atoms. The summed E-state index contributed by atoms with van der Waals surface area (Å²) in [5.74, 6) is 1.82. The van der Waals surface area contributed by atoms with Crippen molar-refractivity contribution in [2.75, 3.05) is 0 Å². The maximum atomic E-state index is 4.43. The number of hydrogen-bond donors (Lipinski definition) is 1. The lowest BCUT2D eigenvalue weighted by atomic mass is 10.2. The molecule has 14 heavy (non-hydrogen) atoms. The summed E-state index contributed by atoms with van der Waals surface area (Å²) in [6.45, 7) is 2.18. The smallest absolute Gasteiger partial charge is 0.191 e. The first-order valence-corrected chi connectivity index (χ1v) is 5.73. The van der Waals surface area contributed by atoms with Crippen LogP contribution in [0.15, 0.2) is 17.5 Å². The molecule has 0 radical (unpaired) electrons. The number of aromatic amines is 1. The van der Waals surface area contributed by atoms with Gasteiger partial charge in [-0.3, -0.25) is 5.10 Å². The molecule has 4 heteroatoms. The van der Waals surface area contributed by atoms with Crippen LogP contribution in [0.2, 0.25) is 0 Å². The second-order valence-corrected chi connectivity index (χ2v) is 4.13. The number of rotatable bonds is 4. The third kappa shape index (κ3) is 2.01. The zero-order valence-corrected chi connectivity index (χ0v) is 8.97. The van der Waals surface area contributed by atoms with Gasteiger partial charge < -0.3 is 0 Å². The molecular formula is C10H13N3S. The van der Waals surface area contributed by atoms with Gasteiger partial charge in [-0.25, -0.2) is 4.98 Å². The van der Waals surface area contributed by atoms with E-state index in [-0.39, 0.29) is 0 Å². The fourth-order valence-corrected chi connectivity index (χ4v) is 1.92. The predicted molar refractivity (Wildman–Crippen MR) is 58.3 cm³/mol. The Morgan fingerprint density at radius 3 is 3.14 bits per heavy atom. The third-order valence-electron chi connectivity index (χ3n) is 2.04. The van der Waals surface area contributed by atoms with Crippen LogP contribution in [0.4, 0.5) is 0 Å². The number of unbranched alkanes of at least 4 members (excludes halogenated alkanes) is 1. The minimum atomic E-state index is 0.825. The largest absolute Gasteiger partial charge is 0.263 e. The molecule has 0 saturated heterocycles. The highest BCUT2D eigenvalue weighted by Crippen LogP contribution is 2.20. The monoisotopic (exact) mass is 207 g/mol. The number of nitrogens with one attached hydrogen (secondary N) is 1. The maximum absolute atomic E-state index is 4.43. The summed E-state index contributed by atoms with van der Waals surface area (Å²) in [4.78, 5) is 5.56. The first-order valence-electron chi connectivity index (χ1n) is 4.85. The summed E-state index contributed by atoms with van der Waals surface area (Å²) in [5, 5.41) is 9.20. The molecule has 2 aromatic rings. The molecule has 2 rings (SSSR count). The van der Waals surface area contributed by atoms with E-state index in [1.165, 1.54) is 12.8 Å². The van der Waals surface area contributed by atoms with Crippen molar-refractivity contribution in [3.63, 3.8) is 0 Å². The zero-order valence-electron chi connectivity index (χ0n) is 8.16. The van der Waals surface area contributed by atoms with Crippen LogP contribution in [0, 0.1) is 0 Å². The summed E-state index contributed by atoms with van der Waals surface area (Å²) in [6, 6.07) is 4.06. The van der Waals surface area contributed by atoms with Gasteiger partial charge in [0.1, 0.15) is 5.82 Å². The van der Waals surface area contributed by atoms with Crippen molar-refractivity contribution in [1.82, 2.24) is 15.2 Å². The summed E-state index contributed by atoms with van der Waals surface area (Å²) in [5.41, 5.74) is 0. The Bertz CT molecular complexity index is 378. The molecule has 0 aromatic carbocycles. The second kappa shape index (κ2) is 4.37. The molecule has 0 saturated carbocycles. The average molecular weight is 207 g/mol. The van der Waals surface area contributed by atoms with E-state index in [0.717, 1.165) is 22.9 Å². The summed E-state index contributed by atoms with van der Waals surface area (Å²) >= 11 is 1.67.